The molecule has 4 aliphatic heterocycles. The van der Waals surface area contributed by atoms with Crippen molar-refractivity contribution >= 4 is 56.4 Å². The van der Waals surface area contributed by atoms with Crippen LogP contribution < -0.4 is 4.90 Å². The summed E-state index contributed by atoms with van der Waals surface area (Å²) in [5.41, 5.74) is 7.45. The van der Waals surface area contributed by atoms with Gasteiger partial charge in [-0.15, -0.1) is 0 Å². The fraction of sp³-hybridized carbons (Fsp3) is 0.373. The van der Waals surface area contributed by atoms with Gasteiger partial charge in [0.25, 0.3) is 0 Å². The Balaban J connectivity index is 0.000000169. The number of nitrogens with zero attached hydrogens (tertiary/aromatic N) is 2. The van der Waals surface area contributed by atoms with E-state index in [4.69, 9.17) is 18.9 Å². The first kappa shape index (κ1) is 41.9. The maximum atomic E-state index is 12.5. The molecule has 4 aromatic rings. The van der Waals surface area contributed by atoms with Crippen LogP contribution in [0.5, 0.6) is 0 Å². The highest BCUT2D eigenvalue weighted by Gasteiger charge is 2.51. The topological polar surface area (TPSA) is 115 Å². The number of allylic oxidation sites excluding steroid dienone is 4. The summed E-state index contributed by atoms with van der Waals surface area (Å²) >= 11 is 0. The van der Waals surface area contributed by atoms with E-state index in [0.717, 1.165) is 76.2 Å². The number of carboxylic acids is 1. The Hall–Kier alpha value is -5.84. The van der Waals surface area contributed by atoms with E-state index in [1.165, 1.54) is 28.5 Å². The summed E-state index contributed by atoms with van der Waals surface area (Å²) in [4.78, 5) is 38.7. The molecule has 5 aliphatic rings. The van der Waals surface area contributed by atoms with Crippen LogP contribution in [0, 0.1) is 0 Å². The van der Waals surface area contributed by atoms with Crippen LogP contribution in [-0.4, -0.2) is 78.4 Å². The molecule has 0 fully saturated rings. The quantitative estimate of drug-likeness (QED) is 0.0848. The number of ether oxygens (including phenoxy) is 4. The van der Waals surface area contributed by atoms with Gasteiger partial charge in [0, 0.05) is 78.8 Å². The van der Waals surface area contributed by atoms with Crippen LogP contribution in [0.2, 0.25) is 0 Å². The first-order valence-corrected chi connectivity index (χ1v) is 21.5. The second-order valence-electron chi connectivity index (χ2n) is 16.6. The molecule has 0 amide bonds. The second-order valence-corrected chi connectivity index (χ2v) is 16.6. The monoisotopic (exact) mass is 823 g/mol. The molecule has 9 rings (SSSR count). The first-order valence-electron chi connectivity index (χ1n) is 21.5. The molecule has 0 saturated carbocycles. The Morgan fingerprint density at radius 3 is 2.20 bits per heavy atom. The van der Waals surface area contributed by atoms with Gasteiger partial charge in [-0.2, -0.15) is 4.58 Å². The number of carbonyl (C=O) groups excluding carboxylic acids is 2. The summed E-state index contributed by atoms with van der Waals surface area (Å²) in [6.45, 7) is 15.3. The third-order valence-electron chi connectivity index (χ3n) is 12.9. The van der Waals surface area contributed by atoms with Crippen molar-refractivity contribution in [2.45, 2.75) is 90.4 Å². The molecule has 0 radical (unpaired) electrons. The first-order chi connectivity index (χ1) is 29.4. The summed E-state index contributed by atoms with van der Waals surface area (Å²) in [7, 11) is 0. The van der Waals surface area contributed by atoms with Gasteiger partial charge < -0.3 is 29.0 Å². The molecule has 4 aromatic carbocycles. The van der Waals surface area contributed by atoms with Crippen molar-refractivity contribution in [2.75, 3.05) is 37.8 Å². The van der Waals surface area contributed by atoms with Gasteiger partial charge in [-0.25, -0.2) is 0 Å². The summed E-state index contributed by atoms with van der Waals surface area (Å²) in [5, 5.41) is 14.5. The molecule has 0 spiro atoms. The molecular weight excluding hydrogens is 769 g/mol. The lowest BCUT2D eigenvalue weighted by molar-refractivity contribution is -0.444. The van der Waals surface area contributed by atoms with Crippen LogP contribution >= 0.6 is 0 Å². The Labute approximate surface area is 357 Å². The van der Waals surface area contributed by atoms with Crippen molar-refractivity contribution in [3.05, 3.63) is 131 Å². The molecule has 3 unspecified atom stereocenters. The van der Waals surface area contributed by atoms with Crippen LogP contribution in [0.3, 0.4) is 0 Å². The highest BCUT2D eigenvalue weighted by Crippen LogP contribution is 2.56. The lowest BCUT2D eigenvalue weighted by Gasteiger charge is -2.40. The average molecular weight is 824 g/mol. The fourth-order valence-corrected chi connectivity index (χ4v) is 10.2. The predicted molar refractivity (Wildman–Crippen MR) is 237 cm³/mol. The number of carbonyl (C=O) groups is 3. The average Bonchev–Trinajstić information content (AvgIpc) is 3.62. The van der Waals surface area contributed by atoms with E-state index < -0.39 is 16.8 Å². The molecule has 0 saturated heterocycles. The molecule has 1 N–H and O–H groups in total. The zero-order valence-corrected chi connectivity index (χ0v) is 36.0. The van der Waals surface area contributed by atoms with Crippen molar-refractivity contribution in [1.82, 2.24) is 0 Å². The van der Waals surface area contributed by atoms with E-state index in [2.05, 4.69) is 90.1 Å². The van der Waals surface area contributed by atoms with Crippen molar-refractivity contribution in [1.29, 1.82) is 0 Å². The fourth-order valence-electron chi connectivity index (χ4n) is 10.2. The van der Waals surface area contributed by atoms with Gasteiger partial charge in [0.1, 0.15) is 11.9 Å². The highest BCUT2D eigenvalue weighted by atomic mass is 16.7. The van der Waals surface area contributed by atoms with Crippen molar-refractivity contribution in [3.63, 3.8) is 0 Å². The van der Waals surface area contributed by atoms with Gasteiger partial charge in [0.05, 0.1) is 31.3 Å². The van der Waals surface area contributed by atoms with Crippen LogP contribution in [0.4, 0.5) is 11.4 Å². The lowest BCUT2D eigenvalue weighted by atomic mass is 9.73. The maximum absolute atomic E-state index is 12.5. The molecule has 3 atom stereocenters. The minimum Gasteiger partial charge on any atom is -0.485 e. The van der Waals surface area contributed by atoms with Crippen molar-refractivity contribution < 1.29 is 43.0 Å². The van der Waals surface area contributed by atoms with E-state index in [1.807, 2.05) is 39.8 Å². The minimum atomic E-state index is -0.827. The van der Waals surface area contributed by atoms with Crippen LogP contribution in [0.25, 0.3) is 21.5 Å². The number of aliphatic carboxylic acids is 1. The van der Waals surface area contributed by atoms with E-state index in [0.29, 0.717) is 32.0 Å². The molecule has 10 nitrogen and oxygen atoms in total. The van der Waals surface area contributed by atoms with Gasteiger partial charge in [0.15, 0.2) is 24.3 Å². The summed E-state index contributed by atoms with van der Waals surface area (Å²) in [6.07, 6.45) is 8.37. The summed E-state index contributed by atoms with van der Waals surface area (Å²) < 4.78 is 25.4. The van der Waals surface area contributed by atoms with E-state index in [1.54, 1.807) is 6.08 Å². The molecule has 4 heterocycles. The number of benzene rings is 4. The Morgan fingerprint density at radius 1 is 0.852 bits per heavy atom. The SMILES string of the molecule is CC1(CC(=O)O)C2=C3C=C4C=CC(=O)C=C4OC3CCN2c2ccc3ccccc3c21.CCOC(=O)CC1(C)C(C)=[N+](CCC(OCC)OCC)c2ccc3ccccc3c21. The molecular formula is C51H55N2O8+. The van der Waals surface area contributed by atoms with Gasteiger partial charge in [0.2, 0.25) is 5.69 Å². The van der Waals surface area contributed by atoms with Crippen LogP contribution in [0.15, 0.2) is 120 Å². The molecule has 10 heteroatoms. The summed E-state index contributed by atoms with van der Waals surface area (Å²) in [6, 6.07) is 25.1. The number of anilines is 1. The Morgan fingerprint density at radius 2 is 1.52 bits per heavy atom. The molecule has 1 aliphatic carbocycles. The molecule has 0 aromatic heterocycles. The lowest BCUT2D eigenvalue weighted by Crippen LogP contribution is -2.41. The van der Waals surface area contributed by atoms with Crippen LogP contribution in [-0.2, 0) is 44.2 Å². The van der Waals surface area contributed by atoms with Gasteiger partial charge in [-0.3, -0.25) is 14.4 Å². The number of esters is 1. The van der Waals surface area contributed by atoms with Gasteiger partial charge in [-0.05, 0) is 92.1 Å². The molecule has 61 heavy (non-hydrogen) atoms. The number of carboxylic acid groups (broad SMARTS) is 1. The number of rotatable bonds is 12. The molecule has 0 bridgehead atoms. The van der Waals surface area contributed by atoms with Crippen molar-refractivity contribution in [3.8, 4) is 0 Å². The van der Waals surface area contributed by atoms with Gasteiger partial charge in [-0.1, -0.05) is 54.6 Å². The van der Waals surface area contributed by atoms with E-state index in [-0.39, 0.29) is 30.6 Å². The Kier molecular flexibility index (Phi) is 11.6. The van der Waals surface area contributed by atoms with Crippen LogP contribution in [0.1, 0.15) is 78.4 Å². The van der Waals surface area contributed by atoms with Gasteiger partial charge >= 0.3 is 11.9 Å². The Bertz CT molecular complexity index is 2590. The smallest absolute Gasteiger partial charge is 0.307 e. The van der Waals surface area contributed by atoms with E-state index in [9.17, 15) is 19.5 Å². The third-order valence-corrected chi connectivity index (χ3v) is 12.9. The normalized spacial score (nSPS) is 22.2. The largest absolute Gasteiger partial charge is 0.485 e. The zero-order valence-electron chi connectivity index (χ0n) is 36.0. The summed E-state index contributed by atoms with van der Waals surface area (Å²) in [5.74, 6) is -0.458. The number of fused-ring (bicyclic) bond motifs is 10. The number of hydrogen-bond acceptors (Lipinski definition) is 8. The standard InChI is InChI=1S/C26H21NO4.C25H34NO4/c1-26(14-23(29)30)24-18-5-3-2-4-15(18)7-9-20(24)27-11-10-21-19(25(26)27)12-16-6-8-17(28)13-22(16)31-21;1-6-28-22(27)17-25(5)18(4)26(16-15-23(29-7-2)30-8-3)21-14-13-19-11-9-10-12-20(19)24(21)25/h2-9,12-13,21H,10-11,14H2,1H3,(H,29,30);9-14,23H,6-8,15-17H2,1-5H3/q;+1. The number of hydrogen-bond donors (Lipinski definition) is 1. The minimum absolute atomic E-state index is 0.00371. The molecule has 316 valence electrons. The zero-order chi connectivity index (χ0) is 43.1. The van der Waals surface area contributed by atoms with E-state index >= 15 is 0 Å². The number of ketones is 1. The third kappa shape index (κ3) is 7.50. The highest BCUT2D eigenvalue weighted by molar-refractivity contribution is 6.04. The predicted octanol–water partition coefficient (Wildman–Crippen LogP) is 9.36. The van der Waals surface area contributed by atoms with Crippen molar-refractivity contribution in [2.24, 2.45) is 0 Å². The maximum Gasteiger partial charge on any atom is 0.307 e. The second kappa shape index (κ2) is 16.9.